The zero-order valence-electron chi connectivity index (χ0n) is 11.0. The average Bonchev–Trinajstić information content (AvgIpc) is 2.80. The van der Waals surface area contributed by atoms with Crippen LogP contribution in [-0.4, -0.2) is 20.6 Å². The van der Waals surface area contributed by atoms with Gasteiger partial charge in [-0.1, -0.05) is 18.9 Å². The van der Waals surface area contributed by atoms with Gasteiger partial charge in [0, 0.05) is 7.05 Å². The number of imidazole rings is 1. The van der Waals surface area contributed by atoms with Gasteiger partial charge < -0.3 is 9.67 Å². The lowest BCUT2D eigenvalue weighted by molar-refractivity contribution is -0.143. The van der Waals surface area contributed by atoms with Crippen molar-refractivity contribution in [2.24, 2.45) is 13.0 Å². The molecule has 4 heteroatoms. The Labute approximate surface area is 112 Å². The van der Waals surface area contributed by atoms with E-state index in [-0.39, 0.29) is 11.8 Å². The first-order valence-corrected chi connectivity index (χ1v) is 6.80. The van der Waals surface area contributed by atoms with Crippen LogP contribution < -0.4 is 0 Å². The monoisotopic (exact) mass is 258 g/mol. The van der Waals surface area contributed by atoms with E-state index in [0.717, 1.165) is 42.3 Å². The number of rotatable bonds is 2. The number of carboxylic acid groups (broad SMARTS) is 1. The fourth-order valence-corrected chi connectivity index (χ4v) is 3.21. The zero-order chi connectivity index (χ0) is 13.4. The molecular formula is C15H18N2O2. The van der Waals surface area contributed by atoms with E-state index < -0.39 is 5.97 Å². The summed E-state index contributed by atoms with van der Waals surface area (Å²) in [5.41, 5.74) is 3.17. The summed E-state index contributed by atoms with van der Waals surface area (Å²) in [6.07, 6.45) is 5.70. The van der Waals surface area contributed by atoms with Crippen molar-refractivity contribution in [3.8, 4) is 0 Å². The molecule has 0 bridgehead atoms. The van der Waals surface area contributed by atoms with Crippen molar-refractivity contribution in [3.63, 3.8) is 0 Å². The van der Waals surface area contributed by atoms with E-state index in [1.165, 1.54) is 0 Å². The molecule has 0 amide bonds. The normalized spacial score (nSPS) is 23.6. The van der Waals surface area contributed by atoms with Gasteiger partial charge in [0.05, 0.1) is 23.3 Å². The Morgan fingerprint density at radius 3 is 2.95 bits per heavy atom. The highest BCUT2D eigenvalue weighted by molar-refractivity contribution is 5.77. The summed E-state index contributed by atoms with van der Waals surface area (Å²) < 4.78 is 1.98. The number of carboxylic acids is 1. The third-order valence-electron chi connectivity index (χ3n) is 4.26. The molecule has 1 fully saturated rings. The molecular weight excluding hydrogens is 240 g/mol. The fraction of sp³-hybridized carbons (Fsp3) is 0.467. The largest absolute Gasteiger partial charge is 0.481 e. The maximum absolute atomic E-state index is 11.4. The maximum atomic E-state index is 11.4. The number of aryl methyl sites for hydroxylation is 1. The van der Waals surface area contributed by atoms with Crippen LogP contribution in [0, 0.1) is 5.92 Å². The number of benzene rings is 1. The molecule has 1 aliphatic rings. The van der Waals surface area contributed by atoms with Crippen LogP contribution in [0.3, 0.4) is 0 Å². The smallest absolute Gasteiger partial charge is 0.307 e. The van der Waals surface area contributed by atoms with Gasteiger partial charge in [-0.15, -0.1) is 0 Å². The minimum Gasteiger partial charge on any atom is -0.481 e. The molecule has 0 aliphatic heterocycles. The molecule has 3 rings (SSSR count). The van der Waals surface area contributed by atoms with E-state index in [0.29, 0.717) is 0 Å². The van der Waals surface area contributed by atoms with Gasteiger partial charge in [-0.2, -0.15) is 0 Å². The van der Waals surface area contributed by atoms with Crippen molar-refractivity contribution in [2.75, 3.05) is 0 Å². The number of nitrogens with zero attached hydrogens (tertiary/aromatic N) is 2. The van der Waals surface area contributed by atoms with E-state index >= 15 is 0 Å². The number of fused-ring (bicyclic) bond motifs is 1. The van der Waals surface area contributed by atoms with Gasteiger partial charge in [0.25, 0.3) is 0 Å². The highest BCUT2D eigenvalue weighted by Gasteiger charge is 2.31. The van der Waals surface area contributed by atoms with Crippen LogP contribution in [0.2, 0.25) is 0 Å². The molecule has 1 N–H and O–H groups in total. The van der Waals surface area contributed by atoms with Crippen LogP contribution in [0.25, 0.3) is 11.0 Å². The standard InChI is InChI=1S/C15H18N2O2/c1-17-9-16-13-8-10(6-7-14(13)17)11-4-2-3-5-12(11)15(18)19/h6-9,11-12H,2-5H2,1H3,(H,18,19). The second kappa shape index (κ2) is 4.68. The van der Waals surface area contributed by atoms with E-state index in [1.807, 2.05) is 17.7 Å². The van der Waals surface area contributed by atoms with Gasteiger partial charge in [0.2, 0.25) is 0 Å². The minimum absolute atomic E-state index is 0.137. The quantitative estimate of drug-likeness (QED) is 0.901. The third-order valence-corrected chi connectivity index (χ3v) is 4.26. The Morgan fingerprint density at radius 2 is 2.16 bits per heavy atom. The van der Waals surface area contributed by atoms with Crippen molar-refractivity contribution in [1.29, 1.82) is 0 Å². The molecule has 1 saturated carbocycles. The van der Waals surface area contributed by atoms with Gasteiger partial charge in [0.15, 0.2) is 0 Å². The Bertz CT molecular complexity index is 618. The Hall–Kier alpha value is -1.84. The van der Waals surface area contributed by atoms with Crippen LogP contribution in [0.4, 0.5) is 0 Å². The van der Waals surface area contributed by atoms with Crippen molar-refractivity contribution < 1.29 is 9.90 Å². The topological polar surface area (TPSA) is 55.1 Å². The van der Waals surface area contributed by atoms with E-state index in [1.54, 1.807) is 6.33 Å². The van der Waals surface area contributed by atoms with Gasteiger partial charge in [-0.05, 0) is 36.5 Å². The lowest BCUT2D eigenvalue weighted by Gasteiger charge is -2.28. The molecule has 0 saturated heterocycles. The average molecular weight is 258 g/mol. The van der Waals surface area contributed by atoms with Crippen molar-refractivity contribution >= 4 is 17.0 Å². The number of aromatic nitrogens is 2. The molecule has 1 aromatic carbocycles. The highest BCUT2D eigenvalue weighted by atomic mass is 16.4. The predicted octanol–water partition coefficient (Wildman–Crippen LogP) is 2.93. The summed E-state index contributed by atoms with van der Waals surface area (Å²) >= 11 is 0. The number of hydrogen-bond donors (Lipinski definition) is 1. The summed E-state index contributed by atoms with van der Waals surface area (Å²) in [6, 6.07) is 6.17. The van der Waals surface area contributed by atoms with Gasteiger partial charge >= 0.3 is 5.97 Å². The Balaban J connectivity index is 1.99. The van der Waals surface area contributed by atoms with Gasteiger partial charge in [0.1, 0.15) is 0 Å². The van der Waals surface area contributed by atoms with Gasteiger partial charge in [-0.3, -0.25) is 4.79 Å². The number of carbonyl (C=O) groups is 1. The number of hydrogen-bond acceptors (Lipinski definition) is 2. The molecule has 2 unspecified atom stereocenters. The molecule has 1 aromatic heterocycles. The van der Waals surface area contributed by atoms with E-state index in [4.69, 9.17) is 0 Å². The highest BCUT2D eigenvalue weighted by Crippen LogP contribution is 2.38. The molecule has 0 radical (unpaired) electrons. The first-order chi connectivity index (χ1) is 9.16. The van der Waals surface area contributed by atoms with Crippen molar-refractivity contribution in [1.82, 2.24) is 9.55 Å². The second-order valence-corrected chi connectivity index (χ2v) is 5.44. The molecule has 100 valence electrons. The number of aliphatic carboxylic acids is 1. The summed E-state index contributed by atoms with van der Waals surface area (Å²) in [4.78, 5) is 15.7. The van der Waals surface area contributed by atoms with Gasteiger partial charge in [-0.25, -0.2) is 4.98 Å². The lowest BCUT2D eigenvalue weighted by Crippen LogP contribution is -2.25. The zero-order valence-corrected chi connectivity index (χ0v) is 11.0. The van der Waals surface area contributed by atoms with E-state index in [2.05, 4.69) is 17.1 Å². The van der Waals surface area contributed by atoms with Crippen LogP contribution in [0.1, 0.15) is 37.2 Å². The summed E-state index contributed by atoms with van der Waals surface area (Å²) in [7, 11) is 1.97. The third kappa shape index (κ3) is 2.11. The second-order valence-electron chi connectivity index (χ2n) is 5.44. The maximum Gasteiger partial charge on any atom is 0.307 e. The summed E-state index contributed by atoms with van der Waals surface area (Å²) in [5, 5.41) is 9.37. The molecule has 2 atom stereocenters. The van der Waals surface area contributed by atoms with E-state index in [9.17, 15) is 9.90 Å². The molecule has 1 heterocycles. The summed E-state index contributed by atoms with van der Waals surface area (Å²) in [6.45, 7) is 0. The minimum atomic E-state index is -0.661. The van der Waals surface area contributed by atoms with Crippen LogP contribution >= 0.6 is 0 Å². The van der Waals surface area contributed by atoms with Crippen molar-refractivity contribution in [3.05, 3.63) is 30.1 Å². The van der Waals surface area contributed by atoms with Crippen molar-refractivity contribution in [2.45, 2.75) is 31.6 Å². The Morgan fingerprint density at radius 1 is 1.37 bits per heavy atom. The first kappa shape index (κ1) is 12.2. The fourth-order valence-electron chi connectivity index (χ4n) is 3.21. The predicted molar refractivity (Wildman–Crippen MR) is 73.0 cm³/mol. The lowest BCUT2D eigenvalue weighted by atomic mass is 9.75. The van der Waals surface area contributed by atoms with Crippen LogP contribution in [0.15, 0.2) is 24.5 Å². The Kier molecular flexibility index (Phi) is 3.01. The first-order valence-electron chi connectivity index (χ1n) is 6.80. The SMILES string of the molecule is Cn1cnc2cc(C3CCCCC3C(=O)O)ccc21. The molecule has 4 nitrogen and oxygen atoms in total. The molecule has 1 aliphatic carbocycles. The molecule has 2 aromatic rings. The van der Waals surface area contributed by atoms with Crippen LogP contribution in [0.5, 0.6) is 0 Å². The molecule has 0 spiro atoms. The molecule has 19 heavy (non-hydrogen) atoms. The summed E-state index contributed by atoms with van der Waals surface area (Å²) in [5.74, 6) is -0.765. The van der Waals surface area contributed by atoms with Crippen LogP contribution in [-0.2, 0) is 11.8 Å².